The third-order valence-corrected chi connectivity index (χ3v) is 2.97. The van der Waals surface area contributed by atoms with Gasteiger partial charge in [-0.2, -0.15) is 0 Å². The fourth-order valence-electron chi connectivity index (χ4n) is 1.68. The van der Waals surface area contributed by atoms with Crippen LogP contribution >= 0.6 is 0 Å². The van der Waals surface area contributed by atoms with Crippen LogP contribution in [0.2, 0.25) is 0 Å². The van der Waals surface area contributed by atoms with Crippen LogP contribution in [0.15, 0.2) is 0 Å². The number of carbonyl (C=O) groups excluding carboxylic acids is 2. The molecule has 0 spiro atoms. The van der Waals surface area contributed by atoms with E-state index >= 15 is 0 Å². The molecule has 1 aliphatic carbocycles. The van der Waals surface area contributed by atoms with E-state index in [4.69, 9.17) is 0 Å². The standard InChI is InChI=1S/C14H27N3O2/c1-14(2,3)7-8-15-12(18)9-17(4)10-13(19)16-11-5-6-11/h11H,5-10H2,1-4H3,(H,15,18)(H,16,19). The molecule has 0 aromatic carbocycles. The van der Waals surface area contributed by atoms with Gasteiger partial charge in [0.2, 0.25) is 11.8 Å². The summed E-state index contributed by atoms with van der Waals surface area (Å²) in [7, 11) is 1.79. The van der Waals surface area contributed by atoms with Gasteiger partial charge in [-0.1, -0.05) is 20.8 Å². The lowest BCUT2D eigenvalue weighted by Gasteiger charge is -2.19. The first kappa shape index (κ1) is 16.0. The van der Waals surface area contributed by atoms with E-state index < -0.39 is 0 Å². The van der Waals surface area contributed by atoms with E-state index in [1.807, 2.05) is 0 Å². The Bertz CT molecular complexity index is 319. The molecule has 0 saturated heterocycles. The van der Waals surface area contributed by atoms with Crippen molar-refractivity contribution in [1.29, 1.82) is 0 Å². The van der Waals surface area contributed by atoms with Crippen molar-refractivity contribution in [2.45, 2.75) is 46.1 Å². The van der Waals surface area contributed by atoms with E-state index in [1.165, 1.54) is 0 Å². The summed E-state index contributed by atoms with van der Waals surface area (Å²) in [5, 5.41) is 5.79. The molecule has 1 saturated carbocycles. The average Bonchev–Trinajstić information content (AvgIpc) is 2.98. The smallest absolute Gasteiger partial charge is 0.234 e. The van der Waals surface area contributed by atoms with Crippen LogP contribution in [0.5, 0.6) is 0 Å². The van der Waals surface area contributed by atoms with E-state index in [-0.39, 0.29) is 30.3 Å². The molecule has 1 aliphatic rings. The molecule has 5 nitrogen and oxygen atoms in total. The van der Waals surface area contributed by atoms with Crippen molar-refractivity contribution in [2.75, 3.05) is 26.7 Å². The number of hydrogen-bond acceptors (Lipinski definition) is 3. The molecule has 0 aromatic heterocycles. The Balaban J connectivity index is 2.10. The van der Waals surface area contributed by atoms with Crippen molar-refractivity contribution in [1.82, 2.24) is 15.5 Å². The van der Waals surface area contributed by atoms with Crippen molar-refractivity contribution >= 4 is 11.8 Å². The SMILES string of the molecule is CN(CC(=O)NCCC(C)(C)C)CC(=O)NC1CC1. The molecule has 2 amide bonds. The Morgan fingerprint density at radius 1 is 1.16 bits per heavy atom. The normalized spacial score (nSPS) is 15.4. The predicted molar refractivity (Wildman–Crippen MR) is 75.7 cm³/mol. The van der Waals surface area contributed by atoms with Gasteiger partial charge < -0.3 is 10.6 Å². The van der Waals surface area contributed by atoms with Crippen molar-refractivity contribution in [3.63, 3.8) is 0 Å². The maximum Gasteiger partial charge on any atom is 0.234 e. The Labute approximate surface area is 116 Å². The minimum Gasteiger partial charge on any atom is -0.355 e. The fraction of sp³-hybridized carbons (Fsp3) is 0.857. The van der Waals surface area contributed by atoms with Crippen LogP contribution in [0.4, 0.5) is 0 Å². The van der Waals surface area contributed by atoms with Crippen LogP contribution in [0, 0.1) is 5.41 Å². The molecule has 2 N–H and O–H groups in total. The maximum atomic E-state index is 11.7. The number of nitrogens with one attached hydrogen (secondary N) is 2. The number of carbonyl (C=O) groups is 2. The highest BCUT2D eigenvalue weighted by Crippen LogP contribution is 2.18. The first-order valence-corrected chi connectivity index (χ1v) is 7.01. The molecular weight excluding hydrogens is 242 g/mol. The summed E-state index contributed by atoms with van der Waals surface area (Å²) in [5.74, 6) is -0.0153. The summed E-state index contributed by atoms with van der Waals surface area (Å²) in [6.45, 7) is 7.67. The quantitative estimate of drug-likeness (QED) is 0.717. The summed E-state index contributed by atoms with van der Waals surface area (Å²) < 4.78 is 0. The highest BCUT2D eigenvalue weighted by Gasteiger charge is 2.23. The van der Waals surface area contributed by atoms with Crippen LogP contribution in [-0.4, -0.2) is 49.4 Å². The molecule has 0 aliphatic heterocycles. The number of hydrogen-bond donors (Lipinski definition) is 2. The Kier molecular flexibility index (Phi) is 5.79. The zero-order valence-electron chi connectivity index (χ0n) is 12.6. The number of amides is 2. The molecule has 0 bridgehead atoms. The van der Waals surface area contributed by atoms with Crippen molar-refractivity contribution in [3.8, 4) is 0 Å². The molecule has 0 radical (unpaired) electrons. The predicted octanol–water partition coefficient (Wildman–Crippen LogP) is 0.749. The van der Waals surface area contributed by atoms with Gasteiger partial charge in [0.15, 0.2) is 0 Å². The van der Waals surface area contributed by atoms with Gasteiger partial charge >= 0.3 is 0 Å². The van der Waals surface area contributed by atoms with Crippen LogP contribution < -0.4 is 10.6 Å². The third kappa shape index (κ3) is 8.59. The van der Waals surface area contributed by atoms with Gasteiger partial charge in [0.1, 0.15) is 0 Å². The monoisotopic (exact) mass is 269 g/mol. The largest absolute Gasteiger partial charge is 0.355 e. The van der Waals surface area contributed by atoms with Gasteiger partial charge in [-0.05, 0) is 31.7 Å². The number of nitrogens with zero attached hydrogens (tertiary/aromatic N) is 1. The topological polar surface area (TPSA) is 61.4 Å². The van der Waals surface area contributed by atoms with E-state index in [0.29, 0.717) is 12.6 Å². The minimum atomic E-state index is -0.0222. The second-order valence-electron chi connectivity index (χ2n) is 6.67. The van der Waals surface area contributed by atoms with E-state index in [0.717, 1.165) is 19.3 Å². The summed E-state index contributed by atoms with van der Waals surface area (Å²) in [6, 6.07) is 0.376. The van der Waals surface area contributed by atoms with E-state index in [2.05, 4.69) is 31.4 Å². The first-order valence-electron chi connectivity index (χ1n) is 7.01. The lowest BCUT2D eigenvalue weighted by atomic mass is 9.92. The first-order chi connectivity index (χ1) is 8.76. The summed E-state index contributed by atoms with van der Waals surface area (Å²) in [6.07, 6.45) is 3.12. The van der Waals surface area contributed by atoms with E-state index in [9.17, 15) is 9.59 Å². The van der Waals surface area contributed by atoms with Gasteiger partial charge in [-0.3, -0.25) is 14.5 Å². The number of likely N-dealkylation sites (N-methyl/N-ethyl adjacent to an activating group) is 1. The highest BCUT2D eigenvalue weighted by molar-refractivity contribution is 5.81. The van der Waals surface area contributed by atoms with Gasteiger partial charge in [-0.15, -0.1) is 0 Å². The molecule has 0 atom stereocenters. The van der Waals surface area contributed by atoms with Crippen molar-refractivity contribution in [3.05, 3.63) is 0 Å². The summed E-state index contributed by atoms with van der Waals surface area (Å²) >= 11 is 0. The molecule has 110 valence electrons. The lowest BCUT2D eigenvalue weighted by Crippen LogP contribution is -2.41. The third-order valence-electron chi connectivity index (χ3n) is 2.97. The molecular formula is C14H27N3O2. The zero-order valence-corrected chi connectivity index (χ0v) is 12.6. The molecule has 5 heteroatoms. The van der Waals surface area contributed by atoms with Crippen LogP contribution in [-0.2, 0) is 9.59 Å². The van der Waals surface area contributed by atoms with Crippen LogP contribution in [0.25, 0.3) is 0 Å². The average molecular weight is 269 g/mol. The summed E-state index contributed by atoms with van der Waals surface area (Å²) in [5.41, 5.74) is 0.226. The summed E-state index contributed by atoms with van der Waals surface area (Å²) in [4.78, 5) is 25.0. The molecule has 19 heavy (non-hydrogen) atoms. The lowest BCUT2D eigenvalue weighted by molar-refractivity contribution is -0.124. The van der Waals surface area contributed by atoms with Gasteiger partial charge in [0.05, 0.1) is 13.1 Å². The zero-order chi connectivity index (χ0) is 14.5. The molecule has 1 fully saturated rings. The van der Waals surface area contributed by atoms with Crippen LogP contribution in [0.3, 0.4) is 0 Å². The molecule has 0 aromatic rings. The van der Waals surface area contributed by atoms with Gasteiger partial charge in [0.25, 0.3) is 0 Å². The van der Waals surface area contributed by atoms with E-state index in [1.54, 1.807) is 11.9 Å². The second kappa shape index (κ2) is 6.89. The fourth-order valence-corrected chi connectivity index (χ4v) is 1.68. The van der Waals surface area contributed by atoms with Gasteiger partial charge in [0, 0.05) is 12.6 Å². The van der Waals surface area contributed by atoms with Gasteiger partial charge in [-0.25, -0.2) is 0 Å². The molecule has 1 rings (SSSR count). The highest BCUT2D eigenvalue weighted by atomic mass is 16.2. The molecule has 0 heterocycles. The van der Waals surface area contributed by atoms with Crippen molar-refractivity contribution in [2.24, 2.45) is 5.41 Å². The molecule has 0 unspecified atom stereocenters. The van der Waals surface area contributed by atoms with Crippen LogP contribution in [0.1, 0.15) is 40.0 Å². The Morgan fingerprint density at radius 3 is 2.26 bits per heavy atom. The maximum absolute atomic E-state index is 11.7. The van der Waals surface area contributed by atoms with Crippen molar-refractivity contribution < 1.29 is 9.59 Å². The number of rotatable bonds is 7. The Hall–Kier alpha value is -1.10. The second-order valence-corrected chi connectivity index (χ2v) is 6.67. The Morgan fingerprint density at radius 2 is 1.74 bits per heavy atom. The minimum absolute atomic E-state index is 0.00694.